The fourth-order valence-corrected chi connectivity index (χ4v) is 3.57. The Morgan fingerprint density at radius 1 is 1.18 bits per heavy atom. The predicted molar refractivity (Wildman–Crippen MR) is 123 cm³/mol. The van der Waals surface area contributed by atoms with Crippen LogP contribution in [0.5, 0.6) is 5.75 Å². The Kier molecular flexibility index (Phi) is 14.9. The summed E-state index contributed by atoms with van der Waals surface area (Å²) in [5.74, 6) is -3.22. The van der Waals surface area contributed by atoms with Gasteiger partial charge in [-0.15, -0.1) is 0 Å². The van der Waals surface area contributed by atoms with E-state index < -0.39 is 69.5 Å². The fourth-order valence-electron chi connectivity index (χ4n) is 3.16. The number of hydrogen-bond acceptors (Lipinski definition) is 14. The van der Waals surface area contributed by atoms with Crippen molar-refractivity contribution in [1.29, 1.82) is 0 Å². The van der Waals surface area contributed by atoms with Crippen molar-refractivity contribution in [2.45, 2.75) is 50.3 Å². The van der Waals surface area contributed by atoms with Crippen LogP contribution in [-0.2, 0) is 31.1 Å². The second-order valence-corrected chi connectivity index (χ2v) is 7.98. The van der Waals surface area contributed by atoms with Gasteiger partial charge >= 0.3 is 24.1 Å². The van der Waals surface area contributed by atoms with Crippen molar-refractivity contribution in [3.05, 3.63) is 33.4 Å². The second-order valence-electron chi connectivity index (χ2n) is 7.61. The molecule has 16 nitrogen and oxygen atoms in total. The van der Waals surface area contributed by atoms with Crippen LogP contribution in [0.2, 0.25) is 5.02 Å². The quantitative estimate of drug-likeness (QED) is 0.0720. The molecule has 1 aromatic carbocycles. The summed E-state index contributed by atoms with van der Waals surface area (Å²) in [6, 6.07) is 0.426. The second kappa shape index (κ2) is 16.0. The molecule has 2 aliphatic heterocycles. The number of rotatable bonds is 5. The average Bonchev–Trinajstić information content (AvgIpc) is 3.42. The van der Waals surface area contributed by atoms with Gasteiger partial charge in [-0.25, -0.2) is 21.8 Å². The number of ether oxygens (including phenoxy) is 2. The zero-order chi connectivity index (χ0) is 31.5. The van der Waals surface area contributed by atoms with Crippen LogP contribution in [0.15, 0.2) is 11.6 Å². The fraction of sp³-hybridized carbons (Fsp3) is 0.500. The van der Waals surface area contributed by atoms with E-state index in [1.54, 1.807) is 0 Å². The molecule has 2 heterocycles. The molecule has 0 bridgehead atoms. The monoisotopic (exact) mass is 612 g/mol. The summed E-state index contributed by atoms with van der Waals surface area (Å²) < 4.78 is 49.6. The van der Waals surface area contributed by atoms with Gasteiger partial charge in [0.25, 0.3) is 6.47 Å². The molecule has 40 heavy (non-hydrogen) atoms. The normalized spacial score (nSPS) is 17.1. The SMILES string of the molecule is C1CCNC1.CC(ON)OC(=O)C1=Cc2c(cc(C(O)(O)O)c(Cl)c2C(O)(O)O)OC1C(F)(F)F.O=CO.[NH3+]O. The van der Waals surface area contributed by atoms with E-state index in [0.29, 0.717) is 12.1 Å². The summed E-state index contributed by atoms with van der Waals surface area (Å²) in [6.07, 6.45) is -6.50. The molecule has 230 valence electrons. The third kappa shape index (κ3) is 10.7. The standard InChI is InChI=1S/C15H15ClF3NO10.C4H9N.CH2O2.H4NO/c1-4(30-20)28-12(21)6-2-5-8(29-11(6)13(17,18)19)3-7(14(22,23)24)10(16)9(5)15(25,26)27;1-2-4-5-3-1;2-1-3;1-2/h2-4,11,22-27H,20H2,1H3;5H,1-4H2;1H,(H,2,3);2H,1H3/q;;;+1. The van der Waals surface area contributed by atoms with Crippen LogP contribution in [0, 0.1) is 0 Å². The van der Waals surface area contributed by atoms with Crippen LogP contribution < -0.4 is 21.8 Å². The molecule has 1 fully saturated rings. The highest BCUT2D eigenvalue weighted by Crippen LogP contribution is 2.46. The molecule has 0 amide bonds. The zero-order valence-corrected chi connectivity index (χ0v) is 21.4. The van der Waals surface area contributed by atoms with Crippen molar-refractivity contribution in [2.24, 2.45) is 5.90 Å². The Bertz CT molecular complexity index is 1000. The van der Waals surface area contributed by atoms with Gasteiger partial charge in [0, 0.05) is 5.56 Å². The lowest BCUT2D eigenvalue weighted by Gasteiger charge is -2.32. The first kappa shape index (κ1) is 37.3. The number of fused-ring (bicyclic) bond motifs is 1. The van der Waals surface area contributed by atoms with Crippen LogP contribution in [0.25, 0.3) is 6.08 Å². The van der Waals surface area contributed by atoms with E-state index >= 15 is 0 Å². The molecular formula is C20H30ClF3N3O13+. The van der Waals surface area contributed by atoms with Crippen molar-refractivity contribution in [1.82, 2.24) is 5.32 Å². The van der Waals surface area contributed by atoms with E-state index in [-0.39, 0.29) is 6.47 Å². The predicted octanol–water partition coefficient (Wildman–Crippen LogP) is -2.31. The first-order valence-electron chi connectivity index (χ1n) is 10.7. The average molecular weight is 613 g/mol. The highest BCUT2D eigenvalue weighted by atomic mass is 35.5. The number of carboxylic acid groups (broad SMARTS) is 1. The molecule has 0 saturated carbocycles. The molecule has 1 saturated heterocycles. The van der Waals surface area contributed by atoms with Gasteiger partial charge in [-0.05, 0) is 45.0 Å². The van der Waals surface area contributed by atoms with E-state index in [0.717, 1.165) is 6.92 Å². The molecule has 0 aliphatic carbocycles. The molecule has 2 atom stereocenters. The maximum Gasteiger partial charge on any atom is 0.430 e. The number of nitrogens with two attached hydrogens (primary N) is 1. The van der Waals surface area contributed by atoms with Gasteiger partial charge in [-0.3, -0.25) is 9.63 Å². The van der Waals surface area contributed by atoms with Gasteiger partial charge in [-0.2, -0.15) is 13.2 Å². The van der Waals surface area contributed by atoms with Crippen LogP contribution in [-0.4, -0.2) is 85.1 Å². The van der Waals surface area contributed by atoms with E-state index in [2.05, 4.69) is 25.5 Å². The number of halogens is 4. The lowest BCUT2D eigenvalue weighted by molar-refractivity contribution is -0.670. The Labute approximate surface area is 228 Å². The van der Waals surface area contributed by atoms with Crippen molar-refractivity contribution in [3.8, 4) is 5.75 Å². The van der Waals surface area contributed by atoms with Gasteiger partial charge in [-0.1, -0.05) is 11.6 Å². The van der Waals surface area contributed by atoms with Crippen molar-refractivity contribution >= 4 is 30.1 Å². The lowest BCUT2D eigenvalue weighted by Crippen LogP contribution is -2.42. The Hall–Kier alpha value is -2.66. The van der Waals surface area contributed by atoms with Crippen LogP contribution in [0.3, 0.4) is 0 Å². The van der Waals surface area contributed by atoms with Crippen molar-refractivity contribution in [3.63, 3.8) is 0 Å². The molecular weight excluding hydrogens is 583 g/mol. The number of aliphatic hydroxyl groups is 6. The molecule has 1 aromatic rings. The minimum atomic E-state index is -5.22. The smallest absolute Gasteiger partial charge is 0.430 e. The van der Waals surface area contributed by atoms with Gasteiger partial charge in [0.05, 0.1) is 21.7 Å². The highest BCUT2D eigenvalue weighted by Gasteiger charge is 2.50. The van der Waals surface area contributed by atoms with Gasteiger partial charge in [0.15, 0.2) is 0 Å². The topological polar surface area (TPSA) is 289 Å². The molecule has 3 rings (SSSR count). The molecule has 14 N–H and O–H groups in total. The summed E-state index contributed by atoms with van der Waals surface area (Å²) in [5, 5.41) is 72.5. The molecule has 20 heteroatoms. The van der Waals surface area contributed by atoms with E-state index in [4.69, 9.17) is 32.6 Å². The van der Waals surface area contributed by atoms with Crippen molar-refractivity contribution < 1.29 is 83.9 Å². The number of benzene rings is 1. The number of nitrogens with one attached hydrogen (secondary N) is 1. The lowest BCUT2D eigenvalue weighted by atomic mass is 9.93. The minimum absolute atomic E-state index is 0.250. The summed E-state index contributed by atoms with van der Waals surface area (Å²) in [5.41, 5.74) is -4.39. The number of hydrogen-bond donors (Lipinski definition) is 11. The Balaban J connectivity index is 0.00000130. The highest BCUT2D eigenvalue weighted by molar-refractivity contribution is 6.32. The number of quaternary nitrogens is 1. The first-order chi connectivity index (χ1) is 18.4. The van der Waals surface area contributed by atoms with Crippen molar-refractivity contribution in [2.75, 3.05) is 13.1 Å². The van der Waals surface area contributed by atoms with E-state index in [1.165, 1.54) is 25.9 Å². The van der Waals surface area contributed by atoms with Gasteiger partial charge in [0.2, 0.25) is 12.4 Å². The van der Waals surface area contributed by atoms with Crippen LogP contribution in [0.4, 0.5) is 13.2 Å². The molecule has 2 aliphatic rings. The summed E-state index contributed by atoms with van der Waals surface area (Å²) in [6.45, 7) is 3.33. The molecule has 0 aromatic heterocycles. The van der Waals surface area contributed by atoms with Crippen LogP contribution >= 0.6 is 11.6 Å². The summed E-state index contributed by atoms with van der Waals surface area (Å²) in [4.78, 5) is 24.7. The Morgan fingerprint density at radius 3 is 2.02 bits per heavy atom. The van der Waals surface area contributed by atoms with Crippen LogP contribution in [0.1, 0.15) is 36.5 Å². The molecule has 2 unspecified atom stereocenters. The summed E-state index contributed by atoms with van der Waals surface area (Å²) in [7, 11) is 0. The Morgan fingerprint density at radius 2 is 1.68 bits per heavy atom. The zero-order valence-electron chi connectivity index (χ0n) is 20.6. The third-order valence-electron chi connectivity index (χ3n) is 4.74. The maximum atomic E-state index is 13.5. The molecule has 0 spiro atoms. The number of carbonyl (C=O) groups is 2. The minimum Gasteiger partial charge on any atom is -0.483 e. The molecule has 0 radical (unpaired) electrons. The first-order valence-corrected chi connectivity index (χ1v) is 11.1. The third-order valence-corrected chi connectivity index (χ3v) is 5.14. The van der Waals surface area contributed by atoms with E-state index in [9.17, 15) is 48.6 Å². The number of esters is 1. The van der Waals surface area contributed by atoms with Gasteiger partial charge in [0.1, 0.15) is 5.75 Å². The number of alkyl halides is 3. The van der Waals surface area contributed by atoms with E-state index in [1.807, 2.05) is 0 Å². The number of carbonyl (C=O) groups excluding carboxylic acids is 1. The van der Waals surface area contributed by atoms with Gasteiger partial charge < -0.3 is 50.5 Å². The summed E-state index contributed by atoms with van der Waals surface area (Å²) >= 11 is 5.76. The largest absolute Gasteiger partial charge is 0.483 e. The maximum absolute atomic E-state index is 13.5.